The third kappa shape index (κ3) is 5.59. The second kappa shape index (κ2) is 8.95. The van der Waals surface area contributed by atoms with Gasteiger partial charge in [0, 0.05) is 19.1 Å². The Kier molecular flexibility index (Phi) is 7.61. The molecule has 0 saturated heterocycles. The van der Waals surface area contributed by atoms with Crippen molar-refractivity contribution in [1.82, 2.24) is 15.3 Å². The predicted octanol–water partition coefficient (Wildman–Crippen LogP) is 2.78. The van der Waals surface area contributed by atoms with Crippen LogP contribution in [0.1, 0.15) is 62.3 Å². The summed E-state index contributed by atoms with van der Waals surface area (Å²) in [5.74, 6) is 0.721. The summed E-state index contributed by atoms with van der Waals surface area (Å²) < 4.78 is 0. The number of aromatic nitrogens is 2. The first-order chi connectivity index (χ1) is 9.99. The smallest absolute Gasteiger partial charge is 0.271 e. The second-order valence-electron chi connectivity index (χ2n) is 5.46. The summed E-state index contributed by atoms with van der Waals surface area (Å²) in [6.07, 6.45) is 4.14. The lowest BCUT2D eigenvalue weighted by Crippen LogP contribution is -2.31. The van der Waals surface area contributed by atoms with Crippen LogP contribution in [-0.2, 0) is 0 Å². The van der Waals surface area contributed by atoms with E-state index in [2.05, 4.69) is 22.2 Å². The third-order valence-electron chi connectivity index (χ3n) is 3.28. The van der Waals surface area contributed by atoms with Crippen LogP contribution >= 0.6 is 11.6 Å². The lowest BCUT2D eigenvalue weighted by Gasteiger charge is -2.16. The average molecular weight is 314 g/mol. The molecule has 0 spiro atoms. The molecule has 0 aromatic carbocycles. The number of aliphatic hydroxyl groups excluding tert-OH is 1. The summed E-state index contributed by atoms with van der Waals surface area (Å²) in [6.45, 7) is 6.66. The molecule has 21 heavy (non-hydrogen) atoms. The van der Waals surface area contributed by atoms with Gasteiger partial charge in [-0.2, -0.15) is 0 Å². The van der Waals surface area contributed by atoms with E-state index in [4.69, 9.17) is 16.7 Å². The molecule has 2 N–H and O–H groups in total. The maximum Gasteiger partial charge on any atom is 0.271 e. The van der Waals surface area contributed by atoms with Gasteiger partial charge in [-0.1, -0.05) is 38.8 Å². The van der Waals surface area contributed by atoms with Crippen molar-refractivity contribution in [3.8, 4) is 0 Å². The summed E-state index contributed by atoms with van der Waals surface area (Å²) in [5.41, 5.74) is 0.217. The number of halogens is 1. The first kappa shape index (κ1) is 17.9. The second-order valence-corrected chi connectivity index (χ2v) is 5.86. The van der Waals surface area contributed by atoms with Crippen molar-refractivity contribution in [1.29, 1.82) is 0 Å². The zero-order chi connectivity index (χ0) is 15.8. The predicted molar refractivity (Wildman–Crippen MR) is 83.6 cm³/mol. The van der Waals surface area contributed by atoms with Gasteiger partial charge in [-0.25, -0.2) is 9.97 Å². The van der Waals surface area contributed by atoms with Crippen LogP contribution in [-0.4, -0.2) is 34.1 Å². The van der Waals surface area contributed by atoms with Gasteiger partial charge >= 0.3 is 0 Å². The largest absolute Gasteiger partial charge is 0.396 e. The number of carbonyl (C=O) groups excluding carboxylic acids is 1. The molecule has 0 fully saturated rings. The van der Waals surface area contributed by atoms with Crippen LogP contribution in [0.4, 0.5) is 0 Å². The topological polar surface area (TPSA) is 75.1 Å². The van der Waals surface area contributed by atoms with Gasteiger partial charge in [0.25, 0.3) is 5.91 Å². The highest BCUT2D eigenvalue weighted by atomic mass is 35.5. The lowest BCUT2D eigenvalue weighted by atomic mass is 10.0. The van der Waals surface area contributed by atoms with Crippen molar-refractivity contribution in [3.05, 3.63) is 22.7 Å². The third-order valence-corrected chi connectivity index (χ3v) is 3.56. The quantitative estimate of drug-likeness (QED) is 0.774. The van der Waals surface area contributed by atoms with Crippen LogP contribution in [0.2, 0.25) is 5.02 Å². The molecule has 1 unspecified atom stereocenters. The summed E-state index contributed by atoms with van der Waals surface area (Å²) in [4.78, 5) is 20.6. The standard InChI is InChI=1S/C15H24ClN3O2/c1-4-5-11(6-7-20)8-18-15(21)13-12(16)9-17-14(19-13)10(2)3/h9-11,20H,4-8H2,1-3H3,(H,18,21). The van der Waals surface area contributed by atoms with Crippen LogP contribution < -0.4 is 5.32 Å². The Bertz CT molecular complexity index is 460. The van der Waals surface area contributed by atoms with Gasteiger partial charge in [0.05, 0.1) is 11.2 Å². The number of carbonyl (C=O) groups is 1. The van der Waals surface area contributed by atoms with E-state index < -0.39 is 0 Å². The Balaban J connectivity index is 2.72. The minimum absolute atomic E-state index is 0.131. The molecule has 1 heterocycles. The zero-order valence-electron chi connectivity index (χ0n) is 12.9. The summed E-state index contributed by atoms with van der Waals surface area (Å²) in [5, 5.41) is 12.1. The van der Waals surface area contributed by atoms with Crippen molar-refractivity contribution in [2.24, 2.45) is 5.92 Å². The number of amides is 1. The van der Waals surface area contributed by atoms with Crippen molar-refractivity contribution in [2.45, 2.75) is 46.0 Å². The van der Waals surface area contributed by atoms with E-state index in [9.17, 15) is 4.79 Å². The number of nitrogens with zero attached hydrogens (tertiary/aromatic N) is 2. The van der Waals surface area contributed by atoms with Gasteiger partial charge in [0.1, 0.15) is 11.5 Å². The molecule has 118 valence electrons. The van der Waals surface area contributed by atoms with Crippen LogP contribution in [0.5, 0.6) is 0 Å². The number of rotatable bonds is 8. The normalized spacial score (nSPS) is 12.5. The molecule has 0 radical (unpaired) electrons. The highest BCUT2D eigenvalue weighted by molar-refractivity contribution is 6.33. The highest BCUT2D eigenvalue weighted by Gasteiger charge is 2.17. The van der Waals surface area contributed by atoms with Crippen LogP contribution in [0.3, 0.4) is 0 Å². The fourth-order valence-electron chi connectivity index (χ4n) is 2.08. The van der Waals surface area contributed by atoms with Gasteiger partial charge in [0.15, 0.2) is 0 Å². The Hall–Kier alpha value is -1.20. The maximum absolute atomic E-state index is 12.2. The zero-order valence-corrected chi connectivity index (χ0v) is 13.7. The molecule has 1 atom stereocenters. The molecule has 6 heteroatoms. The molecule has 1 aromatic rings. The van der Waals surface area contributed by atoms with Gasteiger partial charge < -0.3 is 10.4 Å². The minimum Gasteiger partial charge on any atom is -0.396 e. The molecule has 1 rings (SSSR count). The summed E-state index contributed by atoms with van der Waals surface area (Å²) >= 11 is 6.01. The van der Waals surface area contributed by atoms with Gasteiger partial charge in [-0.3, -0.25) is 4.79 Å². The fraction of sp³-hybridized carbons (Fsp3) is 0.667. The van der Waals surface area contributed by atoms with Crippen molar-refractivity contribution in [2.75, 3.05) is 13.2 Å². The molecular formula is C15H24ClN3O2. The first-order valence-electron chi connectivity index (χ1n) is 7.41. The van der Waals surface area contributed by atoms with Crippen LogP contribution in [0.15, 0.2) is 6.20 Å². The maximum atomic E-state index is 12.2. The Labute approximate surface area is 131 Å². The molecular weight excluding hydrogens is 290 g/mol. The number of aliphatic hydroxyl groups is 1. The summed E-state index contributed by atoms with van der Waals surface area (Å²) in [7, 11) is 0. The van der Waals surface area contributed by atoms with E-state index in [1.807, 2.05) is 13.8 Å². The van der Waals surface area contributed by atoms with E-state index in [-0.39, 0.29) is 35.1 Å². The molecule has 0 aliphatic carbocycles. The van der Waals surface area contributed by atoms with E-state index in [0.29, 0.717) is 18.8 Å². The molecule has 1 aromatic heterocycles. The molecule has 5 nitrogen and oxygen atoms in total. The van der Waals surface area contributed by atoms with E-state index >= 15 is 0 Å². The van der Waals surface area contributed by atoms with E-state index in [1.165, 1.54) is 6.20 Å². The number of nitrogens with one attached hydrogen (secondary N) is 1. The van der Waals surface area contributed by atoms with E-state index in [0.717, 1.165) is 12.8 Å². The first-order valence-corrected chi connectivity index (χ1v) is 7.78. The fourth-order valence-corrected chi connectivity index (χ4v) is 2.26. The summed E-state index contributed by atoms with van der Waals surface area (Å²) in [6, 6.07) is 0. The minimum atomic E-state index is -0.289. The molecule has 0 aliphatic rings. The monoisotopic (exact) mass is 313 g/mol. The molecule has 1 amide bonds. The average Bonchev–Trinajstić information content (AvgIpc) is 2.45. The lowest BCUT2D eigenvalue weighted by molar-refractivity contribution is 0.0937. The van der Waals surface area contributed by atoms with Gasteiger partial charge in [-0.05, 0) is 18.8 Å². The van der Waals surface area contributed by atoms with Crippen molar-refractivity contribution < 1.29 is 9.90 Å². The van der Waals surface area contributed by atoms with E-state index in [1.54, 1.807) is 0 Å². The van der Waals surface area contributed by atoms with Gasteiger partial charge in [0.2, 0.25) is 0 Å². The van der Waals surface area contributed by atoms with Crippen LogP contribution in [0.25, 0.3) is 0 Å². The van der Waals surface area contributed by atoms with Crippen molar-refractivity contribution >= 4 is 17.5 Å². The molecule has 0 aliphatic heterocycles. The highest BCUT2D eigenvalue weighted by Crippen LogP contribution is 2.16. The Morgan fingerprint density at radius 2 is 2.14 bits per heavy atom. The SMILES string of the molecule is CCCC(CCO)CNC(=O)c1nc(C(C)C)ncc1Cl. The molecule has 0 bridgehead atoms. The Morgan fingerprint density at radius 3 is 2.71 bits per heavy atom. The molecule has 0 saturated carbocycles. The number of hydrogen-bond donors (Lipinski definition) is 2. The Morgan fingerprint density at radius 1 is 1.43 bits per heavy atom. The van der Waals surface area contributed by atoms with Gasteiger partial charge in [-0.15, -0.1) is 0 Å². The van der Waals surface area contributed by atoms with Crippen molar-refractivity contribution in [3.63, 3.8) is 0 Å². The van der Waals surface area contributed by atoms with Crippen LogP contribution in [0, 0.1) is 5.92 Å². The number of hydrogen-bond acceptors (Lipinski definition) is 4.